The van der Waals surface area contributed by atoms with Crippen LogP contribution in [0.5, 0.6) is 0 Å². The van der Waals surface area contributed by atoms with Crippen LogP contribution in [0.4, 0.5) is 0 Å². The summed E-state index contributed by atoms with van der Waals surface area (Å²) in [4.78, 5) is 16.5. The minimum Gasteiger partial charge on any atom is -0.308 e. The van der Waals surface area contributed by atoms with Crippen LogP contribution < -0.4 is 0 Å². The Morgan fingerprint density at radius 1 is 1.21 bits per heavy atom. The number of nitrogens with zero attached hydrogens (tertiary/aromatic N) is 2. The van der Waals surface area contributed by atoms with Gasteiger partial charge in [0.25, 0.3) is 0 Å². The lowest BCUT2D eigenvalue weighted by molar-refractivity contribution is 0.0862. The van der Waals surface area contributed by atoms with Gasteiger partial charge in [-0.15, -0.1) is 0 Å². The molecule has 1 aromatic carbocycles. The molecule has 0 amide bonds. The Morgan fingerprint density at radius 3 is 2.37 bits per heavy atom. The topological polar surface area (TPSA) is 23.6 Å². The molecule has 0 N–H and O–H groups in total. The Kier molecular flexibility index (Phi) is 6.27. The average Bonchev–Trinajstić information content (AvgIpc) is 2.34. The number of halogens is 2. The second kappa shape index (κ2) is 7.25. The molecule has 106 valence electrons. The molecule has 0 spiro atoms. The fourth-order valence-electron chi connectivity index (χ4n) is 1.67. The highest BCUT2D eigenvalue weighted by Crippen LogP contribution is 2.22. The van der Waals surface area contributed by atoms with E-state index < -0.39 is 0 Å². The van der Waals surface area contributed by atoms with Gasteiger partial charge in [-0.25, -0.2) is 0 Å². The van der Waals surface area contributed by atoms with Crippen molar-refractivity contribution in [2.24, 2.45) is 0 Å². The molecule has 0 radical (unpaired) electrons. The minimum absolute atomic E-state index is 0.0166. The van der Waals surface area contributed by atoms with E-state index in [2.05, 4.69) is 4.90 Å². The van der Waals surface area contributed by atoms with Crippen LogP contribution >= 0.6 is 23.2 Å². The predicted molar refractivity (Wildman–Crippen MR) is 81.4 cm³/mol. The summed E-state index contributed by atoms with van der Waals surface area (Å²) in [5.41, 5.74) is 0.523. The second-order valence-electron chi connectivity index (χ2n) is 4.95. The van der Waals surface area contributed by atoms with Gasteiger partial charge in [0.1, 0.15) is 0 Å². The van der Waals surface area contributed by atoms with Crippen molar-refractivity contribution in [2.75, 3.05) is 34.2 Å². The van der Waals surface area contributed by atoms with Crippen LogP contribution in [0.25, 0.3) is 0 Å². The molecule has 0 saturated carbocycles. The third kappa shape index (κ3) is 4.77. The summed E-state index contributed by atoms with van der Waals surface area (Å²) >= 11 is 11.9. The van der Waals surface area contributed by atoms with Crippen LogP contribution in [0.3, 0.4) is 0 Å². The summed E-state index contributed by atoms with van der Waals surface area (Å²) in [6.07, 6.45) is 0. The van der Waals surface area contributed by atoms with Crippen molar-refractivity contribution in [1.82, 2.24) is 9.80 Å². The van der Waals surface area contributed by atoms with Crippen LogP contribution in [0.2, 0.25) is 10.0 Å². The molecule has 3 nitrogen and oxygen atoms in total. The molecule has 0 saturated heterocycles. The lowest BCUT2D eigenvalue weighted by atomic mass is 10.0. The molecule has 19 heavy (non-hydrogen) atoms. The van der Waals surface area contributed by atoms with Crippen LogP contribution in [-0.4, -0.2) is 55.9 Å². The largest absolute Gasteiger partial charge is 0.308 e. The van der Waals surface area contributed by atoms with Crippen molar-refractivity contribution in [1.29, 1.82) is 0 Å². The zero-order chi connectivity index (χ0) is 14.6. The highest BCUT2D eigenvalue weighted by molar-refractivity contribution is 6.37. The Bertz CT molecular complexity index is 449. The first-order chi connectivity index (χ1) is 8.82. The van der Waals surface area contributed by atoms with Gasteiger partial charge in [0.2, 0.25) is 0 Å². The van der Waals surface area contributed by atoms with E-state index in [4.69, 9.17) is 23.2 Å². The van der Waals surface area contributed by atoms with Gasteiger partial charge in [-0.2, -0.15) is 0 Å². The van der Waals surface area contributed by atoms with Gasteiger partial charge in [-0.1, -0.05) is 23.2 Å². The maximum Gasteiger partial charge on any atom is 0.181 e. The quantitative estimate of drug-likeness (QED) is 0.755. The van der Waals surface area contributed by atoms with Crippen molar-refractivity contribution < 1.29 is 4.79 Å². The van der Waals surface area contributed by atoms with Crippen molar-refractivity contribution in [3.8, 4) is 0 Å². The van der Waals surface area contributed by atoms with Crippen LogP contribution in [0.1, 0.15) is 17.3 Å². The zero-order valence-electron chi connectivity index (χ0n) is 11.8. The monoisotopic (exact) mass is 302 g/mol. The lowest BCUT2D eigenvalue weighted by Crippen LogP contribution is -2.39. The molecular formula is C14H20Cl2N2O. The van der Waals surface area contributed by atoms with Gasteiger partial charge in [-0.05, 0) is 46.3 Å². The first kappa shape index (κ1) is 16.4. The predicted octanol–water partition coefficient (Wildman–Crippen LogP) is 3.06. The number of likely N-dealkylation sites (N-methyl/N-ethyl adjacent to an activating group) is 2. The number of hydrogen-bond acceptors (Lipinski definition) is 3. The molecule has 1 unspecified atom stereocenters. The number of carbonyl (C=O) groups excluding carboxylic acids is 1. The van der Waals surface area contributed by atoms with Crippen LogP contribution in [0.15, 0.2) is 18.2 Å². The molecule has 0 fully saturated rings. The zero-order valence-corrected chi connectivity index (χ0v) is 13.3. The summed E-state index contributed by atoms with van der Waals surface area (Å²) in [5, 5.41) is 0.945. The van der Waals surface area contributed by atoms with E-state index in [-0.39, 0.29) is 11.8 Å². The van der Waals surface area contributed by atoms with E-state index in [1.54, 1.807) is 18.2 Å². The fraction of sp³-hybridized carbons (Fsp3) is 0.500. The molecule has 0 aromatic heterocycles. The standard InChI is InChI=1S/C14H20Cl2N2O/c1-10(18(4)8-7-17(2)3)14(19)12-6-5-11(15)9-13(12)16/h5-6,9-10H,7-8H2,1-4H3. The highest BCUT2D eigenvalue weighted by atomic mass is 35.5. The van der Waals surface area contributed by atoms with E-state index in [0.717, 1.165) is 13.1 Å². The minimum atomic E-state index is -0.210. The molecule has 0 bridgehead atoms. The van der Waals surface area contributed by atoms with Gasteiger partial charge in [0.15, 0.2) is 5.78 Å². The smallest absolute Gasteiger partial charge is 0.181 e. The van der Waals surface area contributed by atoms with Gasteiger partial charge < -0.3 is 4.90 Å². The number of carbonyl (C=O) groups is 1. The molecule has 1 aromatic rings. The van der Waals surface area contributed by atoms with Crippen molar-refractivity contribution >= 4 is 29.0 Å². The summed E-state index contributed by atoms with van der Waals surface area (Å²) < 4.78 is 0. The van der Waals surface area contributed by atoms with E-state index in [0.29, 0.717) is 15.6 Å². The van der Waals surface area contributed by atoms with Crippen LogP contribution in [-0.2, 0) is 0 Å². The lowest BCUT2D eigenvalue weighted by Gasteiger charge is -2.25. The van der Waals surface area contributed by atoms with E-state index in [1.807, 2.05) is 33.0 Å². The van der Waals surface area contributed by atoms with Crippen molar-refractivity contribution in [3.63, 3.8) is 0 Å². The molecule has 0 heterocycles. The first-order valence-electron chi connectivity index (χ1n) is 6.17. The Labute approximate surface area is 125 Å². The van der Waals surface area contributed by atoms with E-state index in [9.17, 15) is 4.79 Å². The molecule has 0 aliphatic rings. The number of rotatable bonds is 6. The summed E-state index contributed by atoms with van der Waals surface area (Å²) in [6.45, 7) is 3.62. The number of ketones is 1. The number of benzene rings is 1. The average molecular weight is 303 g/mol. The van der Waals surface area contributed by atoms with E-state index in [1.165, 1.54) is 0 Å². The maximum atomic E-state index is 12.4. The van der Waals surface area contributed by atoms with Crippen molar-refractivity contribution in [3.05, 3.63) is 33.8 Å². The summed E-state index contributed by atoms with van der Waals surface area (Å²) in [5.74, 6) is 0.0166. The van der Waals surface area contributed by atoms with Gasteiger partial charge in [-0.3, -0.25) is 9.69 Å². The van der Waals surface area contributed by atoms with Gasteiger partial charge in [0.05, 0.1) is 11.1 Å². The molecule has 0 aliphatic heterocycles. The normalized spacial score (nSPS) is 13.1. The highest BCUT2D eigenvalue weighted by Gasteiger charge is 2.21. The molecule has 1 rings (SSSR count). The number of Topliss-reactive ketones (excluding diaryl/α,β-unsaturated/α-hetero) is 1. The van der Waals surface area contributed by atoms with Gasteiger partial charge >= 0.3 is 0 Å². The summed E-state index contributed by atoms with van der Waals surface area (Å²) in [6, 6.07) is 4.76. The Morgan fingerprint density at radius 2 is 1.84 bits per heavy atom. The first-order valence-corrected chi connectivity index (χ1v) is 6.92. The second-order valence-corrected chi connectivity index (χ2v) is 5.79. The van der Waals surface area contributed by atoms with Gasteiger partial charge in [0, 0.05) is 23.7 Å². The molecule has 5 heteroatoms. The number of hydrogen-bond donors (Lipinski definition) is 0. The van der Waals surface area contributed by atoms with E-state index >= 15 is 0 Å². The summed E-state index contributed by atoms with van der Waals surface area (Å²) in [7, 11) is 5.96. The third-order valence-corrected chi connectivity index (χ3v) is 3.68. The SMILES string of the molecule is CC(C(=O)c1ccc(Cl)cc1Cl)N(C)CCN(C)C. The fourth-order valence-corrected chi connectivity index (χ4v) is 2.17. The Hall–Kier alpha value is -0.610. The van der Waals surface area contributed by atoms with Crippen molar-refractivity contribution in [2.45, 2.75) is 13.0 Å². The molecule has 1 atom stereocenters. The molecular weight excluding hydrogens is 283 g/mol. The maximum absolute atomic E-state index is 12.4. The van der Waals surface area contributed by atoms with Crippen LogP contribution in [0, 0.1) is 0 Å². The Balaban J connectivity index is 2.76. The third-order valence-electron chi connectivity index (χ3n) is 3.14. The molecule has 0 aliphatic carbocycles.